The first-order valence-corrected chi connectivity index (χ1v) is 7.79. The third kappa shape index (κ3) is 3.32. The van der Waals surface area contributed by atoms with Gasteiger partial charge in [0, 0.05) is 0 Å². The molecule has 0 saturated heterocycles. The highest BCUT2D eigenvalue weighted by Gasteiger charge is 2.36. The molecule has 1 amide bonds. The van der Waals surface area contributed by atoms with Gasteiger partial charge in [-0.25, -0.2) is 4.79 Å². The normalized spacial score (nSPS) is 12.7. The Morgan fingerprint density at radius 1 is 1.00 bits per heavy atom. The van der Waals surface area contributed by atoms with E-state index in [1.807, 2.05) is 0 Å². The second-order valence-electron chi connectivity index (χ2n) is 5.59. The predicted molar refractivity (Wildman–Crippen MR) is 90.7 cm³/mol. The van der Waals surface area contributed by atoms with E-state index in [0.29, 0.717) is 16.8 Å². The monoisotopic (exact) mass is 353 g/mol. The molecule has 0 unspecified atom stereocenters. The third-order valence-corrected chi connectivity index (χ3v) is 3.94. The number of carbonyl (C=O) groups is 4. The van der Waals surface area contributed by atoms with E-state index in [1.165, 1.54) is 7.11 Å². The molecule has 7 nitrogen and oxygen atoms in total. The largest absolute Gasteiger partial charge is 0.465 e. The van der Waals surface area contributed by atoms with Crippen molar-refractivity contribution in [2.45, 2.75) is 6.61 Å². The van der Waals surface area contributed by atoms with Gasteiger partial charge in [0.15, 0.2) is 0 Å². The van der Waals surface area contributed by atoms with Crippen LogP contribution in [0.2, 0.25) is 0 Å². The molecule has 0 N–H and O–H groups in total. The number of anilines is 1. The van der Waals surface area contributed by atoms with Crippen LogP contribution in [0.5, 0.6) is 0 Å². The second kappa shape index (κ2) is 7.18. The van der Waals surface area contributed by atoms with Crippen molar-refractivity contribution >= 4 is 29.3 Å². The van der Waals surface area contributed by atoms with Gasteiger partial charge in [0.05, 0.1) is 23.9 Å². The van der Waals surface area contributed by atoms with Crippen molar-refractivity contribution in [2.24, 2.45) is 0 Å². The van der Waals surface area contributed by atoms with Crippen LogP contribution in [0.1, 0.15) is 26.3 Å². The number of rotatable bonds is 5. The number of fused-ring (bicyclic) bond motifs is 1. The maximum Gasteiger partial charge on any atom is 0.337 e. The minimum Gasteiger partial charge on any atom is -0.465 e. The van der Waals surface area contributed by atoms with Crippen LogP contribution in [0.25, 0.3) is 0 Å². The molecule has 2 aromatic rings. The van der Waals surface area contributed by atoms with Gasteiger partial charge >= 0.3 is 11.9 Å². The number of esters is 2. The van der Waals surface area contributed by atoms with Gasteiger partial charge in [0.25, 0.3) is 11.7 Å². The minimum absolute atomic E-state index is 0.0160. The molecule has 26 heavy (non-hydrogen) atoms. The number of benzene rings is 2. The van der Waals surface area contributed by atoms with Crippen molar-refractivity contribution in [1.29, 1.82) is 0 Å². The number of carbonyl (C=O) groups excluding carboxylic acids is 4. The van der Waals surface area contributed by atoms with Gasteiger partial charge in [0.1, 0.15) is 13.2 Å². The summed E-state index contributed by atoms with van der Waals surface area (Å²) in [6.07, 6.45) is 0. The number of amides is 1. The quantitative estimate of drug-likeness (QED) is 0.601. The summed E-state index contributed by atoms with van der Waals surface area (Å²) < 4.78 is 9.76. The molecular formula is C19H15NO6. The van der Waals surface area contributed by atoms with Crippen LogP contribution in [-0.4, -0.2) is 37.3 Å². The number of Topliss-reactive ketones (excluding diaryl/α,β-unsaturated/α-hetero) is 1. The summed E-state index contributed by atoms with van der Waals surface area (Å²) >= 11 is 0. The molecule has 1 heterocycles. The van der Waals surface area contributed by atoms with E-state index in [-0.39, 0.29) is 18.7 Å². The smallest absolute Gasteiger partial charge is 0.337 e. The summed E-state index contributed by atoms with van der Waals surface area (Å²) in [4.78, 5) is 48.5. The minimum atomic E-state index is -0.745. The zero-order valence-corrected chi connectivity index (χ0v) is 13.9. The highest BCUT2D eigenvalue weighted by molar-refractivity contribution is 6.52. The van der Waals surface area contributed by atoms with E-state index in [4.69, 9.17) is 4.74 Å². The Hall–Kier alpha value is -3.48. The standard InChI is InChI=1S/C19H15NO6/c1-25-19(24)13-8-6-12(7-9-13)11-26-16(21)10-20-15-5-3-2-4-14(15)17(22)18(20)23/h2-9H,10-11H2,1H3. The maximum atomic E-state index is 12.1. The molecule has 3 rings (SSSR count). The van der Waals surface area contributed by atoms with Gasteiger partial charge in [0.2, 0.25) is 0 Å². The Morgan fingerprint density at radius 3 is 2.38 bits per heavy atom. The molecule has 0 aromatic heterocycles. The van der Waals surface area contributed by atoms with Crippen molar-refractivity contribution in [3.63, 3.8) is 0 Å². The zero-order chi connectivity index (χ0) is 18.7. The van der Waals surface area contributed by atoms with Gasteiger partial charge < -0.3 is 9.47 Å². The van der Waals surface area contributed by atoms with Crippen molar-refractivity contribution in [3.05, 3.63) is 65.2 Å². The van der Waals surface area contributed by atoms with Crippen LogP contribution >= 0.6 is 0 Å². The summed E-state index contributed by atoms with van der Waals surface area (Å²) in [7, 11) is 1.29. The summed E-state index contributed by atoms with van der Waals surface area (Å²) in [5.74, 6) is -2.47. The van der Waals surface area contributed by atoms with Gasteiger partial charge in [-0.1, -0.05) is 24.3 Å². The lowest BCUT2D eigenvalue weighted by molar-refractivity contribution is -0.143. The lowest BCUT2D eigenvalue weighted by atomic mass is 10.1. The van der Waals surface area contributed by atoms with Crippen molar-refractivity contribution in [2.75, 3.05) is 18.6 Å². The number of methoxy groups -OCH3 is 1. The van der Waals surface area contributed by atoms with Gasteiger partial charge in [-0.2, -0.15) is 0 Å². The Kier molecular flexibility index (Phi) is 4.79. The first-order chi connectivity index (χ1) is 12.5. The first-order valence-electron chi connectivity index (χ1n) is 7.79. The molecule has 0 aliphatic carbocycles. The van der Waals surface area contributed by atoms with Crippen molar-refractivity contribution < 1.29 is 28.7 Å². The Labute approximate surface area is 149 Å². The van der Waals surface area contributed by atoms with E-state index in [1.54, 1.807) is 48.5 Å². The number of ketones is 1. The highest BCUT2D eigenvalue weighted by atomic mass is 16.5. The second-order valence-corrected chi connectivity index (χ2v) is 5.59. The summed E-state index contributed by atoms with van der Waals surface area (Å²) in [6.45, 7) is -0.361. The maximum absolute atomic E-state index is 12.1. The Morgan fingerprint density at radius 2 is 1.69 bits per heavy atom. The molecule has 132 valence electrons. The molecule has 0 spiro atoms. The molecule has 1 aliphatic rings. The zero-order valence-electron chi connectivity index (χ0n) is 13.9. The molecule has 0 saturated carbocycles. The van der Waals surface area contributed by atoms with E-state index in [0.717, 1.165) is 4.90 Å². The van der Waals surface area contributed by atoms with E-state index >= 15 is 0 Å². The number of para-hydroxylation sites is 1. The molecule has 7 heteroatoms. The number of ether oxygens (including phenoxy) is 2. The van der Waals surface area contributed by atoms with E-state index < -0.39 is 23.6 Å². The van der Waals surface area contributed by atoms with E-state index in [9.17, 15) is 19.2 Å². The van der Waals surface area contributed by atoms with Gasteiger partial charge in [-0.3, -0.25) is 19.3 Å². The lowest BCUT2D eigenvalue weighted by Gasteiger charge is -2.15. The van der Waals surface area contributed by atoms with Crippen LogP contribution in [0, 0.1) is 0 Å². The molecule has 0 bridgehead atoms. The molecule has 1 aliphatic heterocycles. The van der Waals surface area contributed by atoms with Crippen LogP contribution in [-0.2, 0) is 25.7 Å². The SMILES string of the molecule is COC(=O)c1ccc(COC(=O)CN2C(=O)C(=O)c3ccccc32)cc1. The average Bonchev–Trinajstić information content (AvgIpc) is 2.91. The Balaban J connectivity index is 1.60. The van der Waals surface area contributed by atoms with Crippen LogP contribution in [0.15, 0.2) is 48.5 Å². The molecular weight excluding hydrogens is 338 g/mol. The fraction of sp³-hybridized carbons (Fsp3) is 0.158. The van der Waals surface area contributed by atoms with Gasteiger partial charge in [-0.15, -0.1) is 0 Å². The van der Waals surface area contributed by atoms with E-state index in [2.05, 4.69) is 4.74 Å². The number of hydrogen-bond donors (Lipinski definition) is 0. The third-order valence-electron chi connectivity index (χ3n) is 3.94. The fourth-order valence-corrected chi connectivity index (χ4v) is 2.60. The Bertz CT molecular complexity index is 887. The van der Waals surface area contributed by atoms with Gasteiger partial charge in [-0.05, 0) is 29.8 Å². The lowest BCUT2D eigenvalue weighted by Crippen LogP contribution is -2.35. The van der Waals surface area contributed by atoms with Crippen LogP contribution in [0.3, 0.4) is 0 Å². The first kappa shape index (κ1) is 17.3. The van der Waals surface area contributed by atoms with Crippen LogP contribution in [0.4, 0.5) is 5.69 Å². The number of nitrogens with zero attached hydrogens (tertiary/aromatic N) is 1. The topological polar surface area (TPSA) is 90.0 Å². The highest BCUT2D eigenvalue weighted by Crippen LogP contribution is 2.28. The molecule has 0 radical (unpaired) electrons. The molecule has 0 atom stereocenters. The fourth-order valence-electron chi connectivity index (χ4n) is 2.60. The predicted octanol–water partition coefficient (Wildman–Crippen LogP) is 1.75. The molecule has 2 aromatic carbocycles. The molecule has 0 fully saturated rings. The number of hydrogen-bond acceptors (Lipinski definition) is 6. The average molecular weight is 353 g/mol. The van der Waals surface area contributed by atoms with Crippen molar-refractivity contribution in [3.8, 4) is 0 Å². The summed E-state index contributed by atoms with van der Waals surface area (Å²) in [5.41, 5.74) is 1.75. The van der Waals surface area contributed by atoms with Crippen molar-refractivity contribution in [1.82, 2.24) is 0 Å². The van der Waals surface area contributed by atoms with Crippen LogP contribution < -0.4 is 4.90 Å². The summed E-state index contributed by atoms with van der Waals surface area (Å²) in [6, 6.07) is 12.9. The summed E-state index contributed by atoms with van der Waals surface area (Å²) in [5, 5.41) is 0.